The SMILES string of the molecule is CCC(Br)CNC(=O)CCc1ccco1. The van der Waals surface area contributed by atoms with Gasteiger partial charge in [0.2, 0.25) is 5.91 Å². The first-order valence-corrected chi connectivity index (χ1v) is 6.07. The molecule has 1 N–H and O–H groups in total. The molecule has 1 heterocycles. The highest BCUT2D eigenvalue weighted by Gasteiger charge is 2.06. The van der Waals surface area contributed by atoms with Crippen LogP contribution in [0.25, 0.3) is 0 Å². The number of alkyl halides is 1. The monoisotopic (exact) mass is 273 g/mol. The molecule has 15 heavy (non-hydrogen) atoms. The van der Waals surface area contributed by atoms with Gasteiger partial charge in [-0.25, -0.2) is 0 Å². The van der Waals surface area contributed by atoms with Crippen molar-refractivity contribution < 1.29 is 9.21 Å². The quantitative estimate of drug-likeness (QED) is 0.810. The molecule has 1 aromatic rings. The highest BCUT2D eigenvalue weighted by molar-refractivity contribution is 9.09. The van der Waals surface area contributed by atoms with Gasteiger partial charge >= 0.3 is 0 Å². The van der Waals surface area contributed by atoms with Crippen LogP contribution in [0.4, 0.5) is 0 Å². The number of aryl methyl sites for hydroxylation is 1. The third-order valence-corrected chi connectivity index (χ3v) is 3.11. The molecule has 0 radical (unpaired) electrons. The van der Waals surface area contributed by atoms with E-state index in [1.54, 1.807) is 6.26 Å². The van der Waals surface area contributed by atoms with Gasteiger partial charge in [-0.1, -0.05) is 22.9 Å². The fraction of sp³-hybridized carbons (Fsp3) is 0.545. The Labute approximate surface area is 98.4 Å². The van der Waals surface area contributed by atoms with E-state index in [1.807, 2.05) is 12.1 Å². The van der Waals surface area contributed by atoms with Crippen LogP contribution in [0.1, 0.15) is 25.5 Å². The van der Waals surface area contributed by atoms with Crippen LogP contribution >= 0.6 is 15.9 Å². The third-order valence-electron chi connectivity index (χ3n) is 2.14. The summed E-state index contributed by atoms with van der Waals surface area (Å²) < 4.78 is 5.14. The van der Waals surface area contributed by atoms with Crippen molar-refractivity contribution in [2.24, 2.45) is 0 Å². The smallest absolute Gasteiger partial charge is 0.220 e. The van der Waals surface area contributed by atoms with Gasteiger partial charge in [-0.2, -0.15) is 0 Å². The van der Waals surface area contributed by atoms with Gasteiger partial charge in [-0.15, -0.1) is 0 Å². The van der Waals surface area contributed by atoms with E-state index in [1.165, 1.54) is 0 Å². The number of rotatable bonds is 6. The number of furan rings is 1. The molecule has 0 bridgehead atoms. The van der Waals surface area contributed by atoms with E-state index in [-0.39, 0.29) is 5.91 Å². The van der Waals surface area contributed by atoms with Crippen molar-refractivity contribution in [1.29, 1.82) is 0 Å². The Morgan fingerprint density at radius 2 is 2.47 bits per heavy atom. The molecule has 84 valence electrons. The maximum atomic E-state index is 11.4. The second kappa shape index (κ2) is 6.67. The summed E-state index contributed by atoms with van der Waals surface area (Å²) in [4.78, 5) is 11.8. The topological polar surface area (TPSA) is 42.2 Å². The fourth-order valence-electron chi connectivity index (χ4n) is 1.15. The van der Waals surface area contributed by atoms with Crippen LogP contribution in [0.2, 0.25) is 0 Å². The van der Waals surface area contributed by atoms with Crippen LogP contribution in [0.15, 0.2) is 22.8 Å². The molecule has 0 saturated carbocycles. The second-order valence-electron chi connectivity index (χ2n) is 3.39. The normalized spacial score (nSPS) is 12.4. The zero-order chi connectivity index (χ0) is 11.1. The Balaban J connectivity index is 2.14. The fourth-order valence-corrected chi connectivity index (χ4v) is 1.31. The summed E-state index contributed by atoms with van der Waals surface area (Å²) in [6.45, 7) is 2.77. The van der Waals surface area contributed by atoms with Gasteiger partial charge in [0.05, 0.1) is 6.26 Å². The van der Waals surface area contributed by atoms with E-state index in [2.05, 4.69) is 28.2 Å². The molecule has 1 unspecified atom stereocenters. The number of hydrogen-bond donors (Lipinski definition) is 1. The van der Waals surface area contributed by atoms with E-state index in [9.17, 15) is 4.79 Å². The largest absolute Gasteiger partial charge is 0.469 e. The van der Waals surface area contributed by atoms with Gasteiger partial charge in [0.1, 0.15) is 5.76 Å². The summed E-state index contributed by atoms with van der Waals surface area (Å²) >= 11 is 3.46. The van der Waals surface area contributed by atoms with E-state index in [0.29, 0.717) is 24.2 Å². The Kier molecular flexibility index (Phi) is 5.47. The van der Waals surface area contributed by atoms with Gasteiger partial charge in [-0.3, -0.25) is 4.79 Å². The van der Waals surface area contributed by atoms with Crippen molar-refractivity contribution in [3.63, 3.8) is 0 Å². The highest BCUT2D eigenvalue weighted by Crippen LogP contribution is 2.04. The molecule has 0 aliphatic carbocycles. The molecule has 1 amide bonds. The molecule has 0 spiro atoms. The van der Waals surface area contributed by atoms with Crippen molar-refractivity contribution in [3.05, 3.63) is 24.2 Å². The number of nitrogens with one attached hydrogen (secondary N) is 1. The van der Waals surface area contributed by atoms with Crippen molar-refractivity contribution >= 4 is 21.8 Å². The first-order valence-electron chi connectivity index (χ1n) is 5.15. The molecule has 4 heteroatoms. The Morgan fingerprint density at radius 3 is 3.07 bits per heavy atom. The van der Waals surface area contributed by atoms with Crippen LogP contribution in [-0.2, 0) is 11.2 Å². The molecule has 1 rings (SSSR count). The number of halogens is 1. The summed E-state index contributed by atoms with van der Waals surface area (Å²) in [5.74, 6) is 0.931. The predicted molar refractivity (Wildman–Crippen MR) is 63.0 cm³/mol. The maximum Gasteiger partial charge on any atom is 0.220 e. The van der Waals surface area contributed by atoms with Crippen LogP contribution in [0.3, 0.4) is 0 Å². The molecule has 0 aliphatic heterocycles. The van der Waals surface area contributed by atoms with Crippen molar-refractivity contribution in [2.45, 2.75) is 31.0 Å². The van der Waals surface area contributed by atoms with Gasteiger partial charge in [-0.05, 0) is 18.6 Å². The van der Waals surface area contributed by atoms with E-state index in [4.69, 9.17) is 4.42 Å². The summed E-state index contributed by atoms with van der Waals surface area (Å²) in [5, 5.41) is 2.87. The minimum absolute atomic E-state index is 0.0734. The summed E-state index contributed by atoms with van der Waals surface area (Å²) in [6.07, 6.45) is 3.78. The lowest BCUT2D eigenvalue weighted by Gasteiger charge is -2.08. The summed E-state index contributed by atoms with van der Waals surface area (Å²) in [5.41, 5.74) is 0. The Hall–Kier alpha value is -0.770. The lowest BCUT2D eigenvalue weighted by atomic mass is 10.2. The molecule has 0 fully saturated rings. The average Bonchev–Trinajstić information content (AvgIpc) is 2.75. The first-order chi connectivity index (χ1) is 7.22. The van der Waals surface area contributed by atoms with E-state index in [0.717, 1.165) is 12.2 Å². The lowest BCUT2D eigenvalue weighted by Crippen LogP contribution is -2.29. The highest BCUT2D eigenvalue weighted by atomic mass is 79.9. The van der Waals surface area contributed by atoms with E-state index < -0.39 is 0 Å². The average molecular weight is 274 g/mol. The molecule has 0 aromatic carbocycles. The first kappa shape index (κ1) is 12.3. The van der Waals surface area contributed by atoms with Gasteiger partial charge in [0.15, 0.2) is 0 Å². The number of amides is 1. The van der Waals surface area contributed by atoms with Gasteiger partial charge in [0.25, 0.3) is 0 Å². The van der Waals surface area contributed by atoms with Gasteiger partial charge in [0, 0.05) is 24.2 Å². The minimum atomic E-state index is 0.0734. The zero-order valence-corrected chi connectivity index (χ0v) is 10.4. The third kappa shape index (κ3) is 5.02. The number of carbonyl (C=O) groups excluding carboxylic acids is 1. The van der Waals surface area contributed by atoms with E-state index >= 15 is 0 Å². The number of hydrogen-bond acceptors (Lipinski definition) is 2. The standard InChI is InChI=1S/C11H16BrNO2/c1-2-9(12)8-13-11(14)6-5-10-4-3-7-15-10/h3-4,7,9H,2,5-6,8H2,1H3,(H,13,14). The Bertz CT molecular complexity index is 285. The number of carbonyl (C=O) groups is 1. The van der Waals surface area contributed by atoms with Crippen molar-refractivity contribution in [1.82, 2.24) is 5.32 Å². The summed E-state index contributed by atoms with van der Waals surface area (Å²) in [7, 11) is 0. The lowest BCUT2D eigenvalue weighted by molar-refractivity contribution is -0.121. The van der Waals surface area contributed by atoms with Crippen LogP contribution < -0.4 is 5.32 Å². The molecule has 1 aromatic heterocycles. The molecule has 0 aliphatic rings. The second-order valence-corrected chi connectivity index (χ2v) is 4.68. The predicted octanol–water partition coefficient (Wildman–Crippen LogP) is 2.50. The van der Waals surface area contributed by atoms with Crippen LogP contribution in [0.5, 0.6) is 0 Å². The maximum absolute atomic E-state index is 11.4. The molecule has 3 nitrogen and oxygen atoms in total. The molecular weight excluding hydrogens is 258 g/mol. The van der Waals surface area contributed by atoms with Gasteiger partial charge < -0.3 is 9.73 Å². The molecular formula is C11H16BrNO2. The Morgan fingerprint density at radius 1 is 1.67 bits per heavy atom. The van der Waals surface area contributed by atoms with Crippen LogP contribution in [-0.4, -0.2) is 17.3 Å². The van der Waals surface area contributed by atoms with Crippen LogP contribution in [0, 0.1) is 0 Å². The van der Waals surface area contributed by atoms with Crippen molar-refractivity contribution in [2.75, 3.05) is 6.54 Å². The van der Waals surface area contributed by atoms with Crippen molar-refractivity contribution in [3.8, 4) is 0 Å². The summed E-state index contributed by atoms with van der Waals surface area (Å²) in [6, 6.07) is 3.71. The molecule has 0 saturated heterocycles. The zero-order valence-electron chi connectivity index (χ0n) is 8.83. The minimum Gasteiger partial charge on any atom is -0.469 e. The molecule has 1 atom stereocenters.